The second-order valence-electron chi connectivity index (χ2n) is 10.4. The monoisotopic (exact) mass is 489 g/mol. The Morgan fingerprint density at radius 2 is 1.39 bits per heavy atom. The maximum absolute atomic E-state index is 12.5. The molecule has 2 aromatic carbocycles. The van der Waals surface area contributed by atoms with Crippen molar-refractivity contribution < 1.29 is 14.3 Å². The number of carbonyl (C=O) groups excluding carboxylic acids is 1. The number of esters is 1. The van der Waals surface area contributed by atoms with E-state index in [-0.39, 0.29) is 0 Å². The molecule has 1 atom stereocenters. The molecule has 0 spiro atoms. The third-order valence-corrected chi connectivity index (χ3v) is 5.92. The molecule has 6 heteroatoms. The fourth-order valence-electron chi connectivity index (χ4n) is 3.73. The van der Waals surface area contributed by atoms with Gasteiger partial charge in [0.1, 0.15) is 16.9 Å². The first-order valence-electron chi connectivity index (χ1n) is 12.8. The first-order chi connectivity index (χ1) is 17.1. The van der Waals surface area contributed by atoms with Gasteiger partial charge in [0.2, 0.25) is 0 Å². The summed E-state index contributed by atoms with van der Waals surface area (Å²) in [5, 5.41) is 0. The Kier molecular flexibility index (Phi) is 9.21. The van der Waals surface area contributed by atoms with Crippen LogP contribution in [0.1, 0.15) is 72.3 Å². The van der Waals surface area contributed by atoms with Crippen LogP contribution in [0, 0.1) is 0 Å². The Balaban J connectivity index is 1.61. The van der Waals surface area contributed by atoms with Crippen LogP contribution in [0.2, 0.25) is 0 Å². The second kappa shape index (κ2) is 12.1. The zero-order chi connectivity index (χ0) is 26.2. The molecule has 0 amide bonds. The van der Waals surface area contributed by atoms with Crippen LogP contribution in [0.25, 0.3) is 22.5 Å². The Morgan fingerprint density at radius 3 is 1.97 bits per heavy atom. The number of hydrogen-bond donors (Lipinski definition) is 1. The summed E-state index contributed by atoms with van der Waals surface area (Å²) in [4.78, 5) is 21.6. The van der Waals surface area contributed by atoms with Gasteiger partial charge in [0.25, 0.3) is 0 Å². The summed E-state index contributed by atoms with van der Waals surface area (Å²) in [6, 6.07) is 15.4. The standard InChI is InChI=1S/C30H39N3O3/c1-6-7-8-9-10-19-35-26-17-13-22(14-18-26)24-20-32-27(33-21-24)23-11-15-25(16-12-23)30(5,31)28(34)36-29(2,3)4/h11-18,20-21H,6-10,19,31H2,1-5H3/t30-/m0/s1. The third-order valence-electron chi connectivity index (χ3n) is 5.92. The lowest BCUT2D eigenvalue weighted by Crippen LogP contribution is -2.45. The average molecular weight is 490 g/mol. The molecule has 0 bridgehead atoms. The quantitative estimate of drug-likeness (QED) is 0.239. The van der Waals surface area contributed by atoms with E-state index in [2.05, 4.69) is 16.9 Å². The van der Waals surface area contributed by atoms with E-state index in [9.17, 15) is 4.79 Å². The number of rotatable bonds is 11. The maximum atomic E-state index is 12.5. The summed E-state index contributed by atoms with van der Waals surface area (Å²) >= 11 is 0. The van der Waals surface area contributed by atoms with Gasteiger partial charge < -0.3 is 15.2 Å². The molecule has 0 radical (unpaired) electrons. The topological polar surface area (TPSA) is 87.3 Å². The summed E-state index contributed by atoms with van der Waals surface area (Å²) in [5.74, 6) is 1.02. The Hall–Kier alpha value is -3.25. The van der Waals surface area contributed by atoms with Crippen molar-refractivity contribution in [1.82, 2.24) is 9.97 Å². The van der Waals surface area contributed by atoms with E-state index in [0.717, 1.165) is 35.5 Å². The highest BCUT2D eigenvalue weighted by Gasteiger charge is 2.35. The largest absolute Gasteiger partial charge is 0.494 e. The van der Waals surface area contributed by atoms with Crippen LogP contribution in [0.4, 0.5) is 0 Å². The van der Waals surface area contributed by atoms with E-state index in [4.69, 9.17) is 15.2 Å². The van der Waals surface area contributed by atoms with Gasteiger partial charge >= 0.3 is 5.97 Å². The molecule has 192 valence electrons. The molecule has 0 aliphatic heterocycles. The van der Waals surface area contributed by atoms with Crippen molar-refractivity contribution in [3.8, 4) is 28.3 Å². The normalized spacial score (nSPS) is 13.2. The Labute approximate surface area is 215 Å². The van der Waals surface area contributed by atoms with Crippen molar-refractivity contribution >= 4 is 5.97 Å². The van der Waals surface area contributed by atoms with Gasteiger partial charge in [-0.25, -0.2) is 14.8 Å². The minimum atomic E-state index is -1.25. The zero-order valence-corrected chi connectivity index (χ0v) is 22.2. The Bertz CT molecular complexity index is 1100. The van der Waals surface area contributed by atoms with Gasteiger partial charge in [-0.05, 0) is 57.4 Å². The summed E-state index contributed by atoms with van der Waals surface area (Å²) in [6.45, 7) is 10.1. The van der Waals surface area contributed by atoms with E-state index in [1.165, 1.54) is 25.7 Å². The highest BCUT2D eigenvalue weighted by atomic mass is 16.6. The van der Waals surface area contributed by atoms with Crippen molar-refractivity contribution in [3.63, 3.8) is 0 Å². The number of hydrogen-bond acceptors (Lipinski definition) is 6. The van der Waals surface area contributed by atoms with Crippen LogP contribution in [0.15, 0.2) is 60.9 Å². The summed E-state index contributed by atoms with van der Waals surface area (Å²) < 4.78 is 11.3. The molecule has 0 aliphatic carbocycles. The average Bonchev–Trinajstić information content (AvgIpc) is 2.86. The molecule has 1 heterocycles. The number of ether oxygens (including phenoxy) is 2. The van der Waals surface area contributed by atoms with Crippen LogP contribution in [0.3, 0.4) is 0 Å². The van der Waals surface area contributed by atoms with Crippen LogP contribution in [0.5, 0.6) is 5.75 Å². The highest BCUT2D eigenvalue weighted by Crippen LogP contribution is 2.26. The predicted molar refractivity (Wildman–Crippen MR) is 145 cm³/mol. The molecule has 3 aromatic rings. The molecule has 2 N–H and O–H groups in total. The molecular formula is C30H39N3O3. The fourth-order valence-corrected chi connectivity index (χ4v) is 3.73. The summed E-state index contributed by atoms with van der Waals surface area (Å²) in [6.07, 6.45) is 9.75. The van der Waals surface area contributed by atoms with Crippen molar-refractivity contribution in [2.24, 2.45) is 5.73 Å². The van der Waals surface area contributed by atoms with Crippen LogP contribution in [-0.4, -0.2) is 28.1 Å². The second-order valence-corrected chi connectivity index (χ2v) is 10.4. The number of nitrogens with two attached hydrogens (primary N) is 1. The lowest BCUT2D eigenvalue weighted by atomic mass is 9.92. The lowest BCUT2D eigenvalue weighted by Gasteiger charge is -2.28. The molecule has 0 saturated carbocycles. The molecule has 6 nitrogen and oxygen atoms in total. The number of unbranched alkanes of at least 4 members (excludes halogenated alkanes) is 4. The van der Waals surface area contributed by atoms with Crippen molar-refractivity contribution in [1.29, 1.82) is 0 Å². The van der Waals surface area contributed by atoms with E-state index in [1.54, 1.807) is 6.92 Å². The number of aromatic nitrogens is 2. The molecule has 1 aromatic heterocycles. The smallest absolute Gasteiger partial charge is 0.331 e. The van der Waals surface area contributed by atoms with Gasteiger partial charge in [0.05, 0.1) is 6.61 Å². The van der Waals surface area contributed by atoms with E-state index in [0.29, 0.717) is 11.4 Å². The van der Waals surface area contributed by atoms with E-state index in [1.807, 2.05) is 81.7 Å². The SMILES string of the molecule is CCCCCCCOc1ccc(-c2cnc(-c3ccc([C@](C)(N)C(=O)OC(C)(C)C)cc3)nc2)cc1. The molecule has 0 fully saturated rings. The summed E-state index contributed by atoms with van der Waals surface area (Å²) in [5.41, 5.74) is 7.93. The van der Waals surface area contributed by atoms with Crippen molar-refractivity contribution in [3.05, 3.63) is 66.5 Å². The predicted octanol–water partition coefficient (Wildman–Crippen LogP) is 6.68. The van der Waals surface area contributed by atoms with Crippen LogP contribution < -0.4 is 10.5 Å². The Morgan fingerprint density at radius 1 is 0.806 bits per heavy atom. The summed E-state index contributed by atoms with van der Waals surface area (Å²) in [7, 11) is 0. The first kappa shape index (κ1) is 27.3. The van der Waals surface area contributed by atoms with Crippen LogP contribution in [-0.2, 0) is 15.1 Å². The molecule has 0 saturated heterocycles. The fraction of sp³-hybridized carbons (Fsp3) is 0.433. The van der Waals surface area contributed by atoms with Gasteiger partial charge in [0.15, 0.2) is 5.82 Å². The van der Waals surface area contributed by atoms with Gasteiger partial charge in [-0.1, -0.05) is 69.0 Å². The first-order valence-corrected chi connectivity index (χ1v) is 12.8. The van der Waals surface area contributed by atoms with Gasteiger partial charge in [0, 0.05) is 23.5 Å². The molecule has 0 aliphatic rings. The minimum absolute atomic E-state index is 0.466. The van der Waals surface area contributed by atoms with Gasteiger partial charge in [-0.2, -0.15) is 0 Å². The minimum Gasteiger partial charge on any atom is -0.494 e. The number of nitrogens with zero attached hydrogens (tertiary/aromatic N) is 2. The maximum Gasteiger partial charge on any atom is 0.331 e. The lowest BCUT2D eigenvalue weighted by molar-refractivity contribution is -0.161. The molecule has 3 rings (SSSR count). The van der Waals surface area contributed by atoms with E-state index < -0.39 is 17.1 Å². The molecule has 36 heavy (non-hydrogen) atoms. The highest BCUT2D eigenvalue weighted by molar-refractivity contribution is 5.82. The zero-order valence-electron chi connectivity index (χ0n) is 22.2. The van der Waals surface area contributed by atoms with Gasteiger partial charge in [-0.3, -0.25) is 0 Å². The van der Waals surface area contributed by atoms with E-state index >= 15 is 0 Å². The van der Waals surface area contributed by atoms with Crippen LogP contribution >= 0.6 is 0 Å². The van der Waals surface area contributed by atoms with Gasteiger partial charge in [-0.15, -0.1) is 0 Å². The molecule has 0 unspecified atom stereocenters. The third kappa shape index (κ3) is 7.62. The van der Waals surface area contributed by atoms with Crippen molar-refractivity contribution in [2.75, 3.05) is 6.61 Å². The number of benzene rings is 2. The molecular weight excluding hydrogens is 450 g/mol. The number of carbonyl (C=O) groups is 1. The van der Waals surface area contributed by atoms with Crippen molar-refractivity contribution in [2.45, 2.75) is 77.9 Å².